The fraction of sp³-hybridized carbons (Fsp3) is 0.250. The zero-order valence-electron chi connectivity index (χ0n) is 14.8. The first kappa shape index (κ1) is 17.6. The number of Topliss-reactive ketones (excluding diaryl/α,β-unsaturated/α-hetero) is 1. The van der Waals surface area contributed by atoms with Gasteiger partial charge in [-0.05, 0) is 48.4 Å². The number of aryl methyl sites for hydroxylation is 1. The van der Waals surface area contributed by atoms with E-state index in [1.807, 2.05) is 43.3 Å². The number of fused-ring (bicyclic) bond motifs is 1. The Morgan fingerprint density at radius 1 is 1.22 bits per heavy atom. The van der Waals surface area contributed by atoms with Gasteiger partial charge in [-0.15, -0.1) is 10.2 Å². The first-order valence-electron chi connectivity index (χ1n) is 8.61. The molecule has 0 amide bonds. The van der Waals surface area contributed by atoms with Crippen LogP contribution in [0, 0.1) is 6.92 Å². The molecule has 2 aromatic carbocycles. The summed E-state index contributed by atoms with van der Waals surface area (Å²) in [6.45, 7) is 2.87. The number of aromatic nitrogens is 2. The van der Waals surface area contributed by atoms with E-state index in [0.29, 0.717) is 23.3 Å². The van der Waals surface area contributed by atoms with Crippen molar-refractivity contribution in [1.82, 2.24) is 10.2 Å². The highest BCUT2D eigenvalue weighted by Gasteiger charge is 2.16. The van der Waals surface area contributed by atoms with Crippen LogP contribution in [0.5, 0.6) is 11.5 Å². The van der Waals surface area contributed by atoms with Crippen molar-refractivity contribution >= 4 is 17.5 Å². The highest BCUT2D eigenvalue weighted by Crippen LogP contribution is 2.27. The molecule has 0 unspecified atom stereocenters. The van der Waals surface area contributed by atoms with E-state index < -0.39 is 0 Å². The molecule has 138 valence electrons. The molecule has 1 aromatic heterocycles. The maximum Gasteiger partial charge on any atom is 0.277 e. The van der Waals surface area contributed by atoms with E-state index in [1.165, 1.54) is 11.8 Å². The third-order valence-electron chi connectivity index (χ3n) is 4.14. The van der Waals surface area contributed by atoms with Gasteiger partial charge in [0.2, 0.25) is 0 Å². The standard InChI is InChI=1S/C20H18N2O4S/c1-13-3-2-4-16(9-13)25-11-19-21-22-20(26-19)27-12-17(23)14-5-6-18-15(10-14)7-8-24-18/h2-6,9-10H,7-8,11-12H2,1H3. The van der Waals surface area contributed by atoms with Crippen LogP contribution in [-0.4, -0.2) is 28.3 Å². The molecule has 1 aliphatic heterocycles. The van der Waals surface area contributed by atoms with Crippen LogP contribution in [0.25, 0.3) is 0 Å². The third kappa shape index (κ3) is 4.31. The summed E-state index contributed by atoms with van der Waals surface area (Å²) in [5.41, 5.74) is 2.87. The zero-order valence-corrected chi connectivity index (χ0v) is 15.6. The SMILES string of the molecule is Cc1cccc(OCc2nnc(SCC(=O)c3ccc4c(c3)CCO4)o2)c1. The lowest BCUT2D eigenvalue weighted by Gasteiger charge is -2.03. The van der Waals surface area contributed by atoms with E-state index >= 15 is 0 Å². The molecule has 0 N–H and O–H groups in total. The van der Waals surface area contributed by atoms with Gasteiger partial charge in [0.1, 0.15) is 11.5 Å². The second-order valence-electron chi connectivity index (χ2n) is 6.20. The minimum Gasteiger partial charge on any atom is -0.493 e. The monoisotopic (exact) mass is 382 g/mol. The van der Waals surface area contributed by atoms with Gasteiger partial charge >= 0.3 is 0 Å². The Kier molecular flexibility index (Phi) is 5.11. The van der Waals surface area contributed by atoms with Crippen LogP contribution in [0.3, 0.4) is 0 Å². The molecule has 3 aromatic rings. The quantitative estimate of drug-likeness (QED) is 0.454. The van der Waals surface area contributed by atoms with Crippen LogP contribution in [-0.2, 0) is 13.0 Å². The highest BCUT2D eigenvalue weighted by molar-refractivity contribution is 7.99. The Balaban J connectivity index is 1.31. The molecule has 7 heteroatoms. The second kappa shape index (κ2) is 7.84. The van der Waals surface area contributed by atoms with Crippen LogP contribution in [0.2, 0.25) is 0 Å². The van der Waals surface area contributed by atoms with Crippen LogP contribution < -0.4 is 9.47 Å². The predicted octanol–water partition coefficient (Wildman–Crippen LogP) is 3.87. The summed E-state index contributed by atoms with van der Waals surface area (Å²) in [5.74, 6) is 2.25. The molecule has 0 saturated heterocycles. The number of rotatable bonds is 7. The van der Waals surface area contributed by atoms with Gasteiger partial charge in [-0.1, -0.05) is 23.9 Å². The van der Waals surface area contributed by atoms with Gasteiger partial charge in [-0.25, -0.2) is 0 Å². The molecule has 1 aliphatic rings. The third-order valence-corrected chi connectivity index (χ3v) is 4.96. The van der Waals surface area contributed by atoms with Gasteiger partial charge < -0.3 is 13.9 Å². The summed E-state index contributed by atoms with van der Waals surface area (Å²) in [4.78, 5) is 12.4. The number of carbonyl (C=O) groups excluding carboxylic acids is 1. The van der Waals surface area contributed by atoms with Gasteiger partial charge in [0.15, 0.2) is 12.4 Å². The molecule has 0 saturated carbocycles. The van der Waals surface area contributed by atoms with Gasteiger partial charge in [0.25, 0.3) is 11.1 Å². The average Bonchev–Trinajstić information content (AvgIpc) is 3.33. The lowest BCUT2D eigenvalue weighted by molar-refractivity contribution is 0.102. The first-order valence-corrected chi connectivity index (χ1v) is 9.59. The van der Waals surface area contributed by atoms with Gasteiger partial charge in [0.05, 0.1) is 12.4 Å². The summed E-state index contributed by atoms with van der Waals surface area (Å²) in [7, 11) is 0. The fourth-order valence-corrected chi connectivity index (χ4v) is 3.45. The molecule has 0 spiro atoms. The molecule has 4 rings (SSSR count). The van der Waals surface area contributed by atoms with Crippen LogP contribution in [0.4, 0.5) is 0 Å². The smallest absolute Gasteiger partial charge is 0.277 e. The van der Waals surface area contributed by atoms with Crippen molar-refractivity contribution in [2.75, 3.05) is 12.4 Å². The van der Waals surface area contributed by atoms with Crippen LogP contribution >= 0.6 is 11.8 Å². The maximum absolute atomic E-state index is 12.4. The maximum atomic E-state index is 12.4. The molecule has 0 radical (unpaired) electrons. The Hall–Kier alpha value is -2.80. The lowest BCUT2D eigenvalue weighted by atomic mass is 10.1. The van der Waals surface area contributed by atoms with E-state index in [2.05, 4.69) is 10.2 Å². The summed E-state index contributed by atoms with van der Waals surface area (Å²) < 4.78 is 16.6. The number of benzene rings is 2. The van der Waals surface area contributed by atoms with E-state index in [-0.39, 0.29) is 18.1 Å². The molecule has 2 heterocycles. The van der Waals surface area contributed by atoms with Crippen molar-refractivity contribution in [2.24, 2.45) is 0 Å². The summed E-state index contributed by atoms with van der Waals surface area (Å²) in [6.07, 6.45) is 0.845. The van der Waals surface area contributed by atoms with E-state index in [1.54, 1.807) is 6.07 Å². The van der Waals surface area contributed by atoms with E-state index in [0.717, 1.165) is 29.0 Å². The van der Waals surface area contributed by atoms with Gasteiger partial charge in [-0.3, -0.25) is 4.79 Å². The average molecular weight is 382 g/mol. The van der Waals surface area contributed by atoms with Crippen LogP contribution in [0.15, 0.2) is 52.1 Å². The Labute approximate surface area is 160 Å². The number of hydrogen-bond donors (Lipinski definition) is 0. The molecule has 0 atom stereocenters. The highest BCUT2D eigenvalue weighted by atomic mass is 32.2. The number of nitrogens with zero attached hydrogens (tertiary/aromatic N) is 2. The number of thioether (sulfide) groups is 1. The largest absolute Gasteiger partial charge is 0.493 e. The predicted molar refractivity (Wildman–Crippen MR) is 101 cm³/mol. The molecule has 27 heavy (non-hydrogen) atoms. The number of carbonyl (C=O) groups is 1. The van der Waals surface area contributed by atoms with Crippen molar-refractivity contribution in [1.29, 1.82) is 0 Å². The van der Waals surface area contributed by atoms with Crippen molar-refractivity contribution in [3.8, 4) is 11.5 Å². The van der Waals surface area contributed by atoms with Crippen molar-refractivity contribution < 1.29 is 18.7 Å². The lowest BCUT2D eigenvalue weighted by Crippen LogP contribution is -2.02. The Bertz CT molecular complexity index is 970. The van der Waals surface area contributed by atoms with Crippen molar-refractivity contribution in [3.05, 3.63) is 65.0 Å². The van der Waals surface area contributed by atoms with Crippen molar-refractivity contribution in [3.63, 3.8) is 0 Å². The Morgan fingerprint density at radius 3 is 3.04 bits per heavy atom. The van der Waals surface area contributed by atoms with Gasteiger partial charge in [0, 0.05) is 12.0 Å². The molecular weight excluding hydrogens is 364 g/mol. The second-order valence-corrected chi connectivity index (χ2v) is 7.13. The molecule has 0 fully saturated rings. The van der Waals surface area contributed by atoms with E-state index in [4.69, 9.17) is 13.9 Å². The summed E-state index contributed by atoms with van der Waals surface area (Å²) in [5, 5.41) is 8.28. The fourth-order valence-electron chi connectivity index (χ4n) is 2.78. The normalized spacial score (nSPS) is 12.5. The van der Waals surface area contributed by atoms with E-state index in [9.17, 15) is 4.79 Å². The minimum atomic E-state index is 0.0189. The minimum absolute atomic E-state index is 0.0189. The Morgan fingerprint density at radius 2 is 2.15 bits per heavy atom. The molecule has 0 aliphatic carbocycles. The molecule has 0 bridgehead atoms. The number of hydrogen-bond acceptors (Lipinski definition) is 7. The zero-order chi connectivity index (χ0) is 18.6. The van der Waals surface area contributed by atoms with Gasteiger partial charge in [-0.2, -0.15) is 0 Å². The molecule has 6 nitrogen and oxygen atoms in total. The summed E-state index contributed by atoms with van der Waals surface area (Å²) in [6, 6.07) is 13.3. The van der Waals surface area contributed by atoms with Crippen LogP contribution in [0.1, 0.15) is 27.4 Å². The number of ether oxygens (including phenoxy) is 2. The molecular formula is C20H18N2O4S. The van der Waals surface area contributed by atoms with Crippen molar-refractivity contribution in [2.45, 2.75) is 25.2 Å². The summed E-state index contributed by atoms with van der Waals surface area (Å²) >= 11 is 1.22. The topological polar surface area (TPSA) is 74.5 Å². The first-order chi connectivity index (χ1) is 13.2. The number of ketones is 1.